The van der Waals surface area contributed by atoms with Crippen molar-refractivity contribution in [1.82, 2.24) is 0 Å². The van der Waals surface area contributed by atoms with Crippen LogP contribution >= 0.6 is 34.8 Å². The van der Waals surface area contributed by atoms with E-state index in [1.54, 1.807) is 18.2 Å². The number of aryl methyl sites for hydroxylation is 1. The zero-order valence-electron chi connectivity index (χ0n) is 10.5. The average molecular weight is 330 g/mol. The normalized spacial score (nSPS) is 10.4. The maximum atomic E-state index is 12.2. The number of hydrogen-bond donors (Lipinski definition) is 2. The number of carbonyl (C=O) groups is 1. The third-order valence-electron chi connectivity index (χ3n) is 2.78. The van der Waals surface area contributed by atoms with Crippen molar-refractivity contribution in [2.24, 2.45) is 0 Å². The highest BCUT2D eigenvalue weighted by atomic mass is 35.5. The summed E-state index contributed by atoms with van der Waals surface area (Å²) in [6.07, 6.45) is 0. The molecular weight excluding hydrogens is 319 g/mol. The molecule has 0 radical (unpaired) electrons. The van der Waals surface area contributed by atoms with Crippen LogP contribution in [0.4, 0.5) is 11.4 Å². The molecular formula is C14H11Cl3N2O. The quantitative estimate of drug-likeness (QED) is 0.778. The number of nitrogens with two attached hydrogens (primary N) is 1. The molecule has 0 saturated heterocycles. The molecule has 0 aliphatic rings. The molecule has 0 aliphatic carbocycles. The lowest BCUT2D eigenvalue weighted by atomic mass is 10.1. The van der Waals surface area contributed by atoms with E-state index >= 15 is 0 Å². The van der Waals surface area contributed by atoms with Crippen LogP contribution in [0.2, 0.25) is 15.1 Å². The van der Waals surface area contributed by atoms with Gasteiger partial charge in [0.05, 0.1) is 15.7 Å². The largest absolute Gasteiger partial charge is 0.399 e. The summed E-state index contributed by atoms with van der Waals surface area (Å²) < 4.78 is 0. The van der Waals surface area contributed by atoms with Crippen molar-refractivity contribution in [2.45, 2.75) is 6.92 Å². The number of nitrogens with one attached hydrogen (secondary N) is 1. The average Bonchev–Trinajstić information content (AvgIpc) is 2.36. The van der Waals surface area contributed by atoms with Crippen LogP contribution in [0.15, 0.2) is 30.3 Å². The molecule has 0 spiro atoms. The molecule has 3 nitrogen and oxygen atoms in total. The number of benzene rings is 2. The third kappa shape index (κ3) is 3.18. The van der Waals surface area contributed by atoms with Crippen LogP contribution in [-0.2, 0) is 0 Å². The maximum Gasteiger partial charge on any atom is 0.255 e. The van der Waals surface area contributed by atoms with Crippen molar-refractivity contribution in [2.75, 3.05) is 11.1 Å². The molecule has 0 unspecified atom stereocenters. The first-order valence-electron chi connectivity index (χ1n) is 5.70. The van der Waals surface area contributed by atoms with Gasteiger partial charge in [0.25, 0.3) is 5.91 Å². The van der Waals surface area contributed by atoms with Crippen LogP contribution in [0.25, 0.3) is 0 Å². The lowest BCUT2D eigenvalue weighted by molar-refractivity contribution is 0.102. The summed E-state index contributed by atoms with van der Waals surface area (Å²) in [6, 6.07) is 8.03. The molecule has 0 atom stereocenters. The highest BCUT2D eigenvalue weighted by Gasteiger charge is 2.13. The predicted octanol–water partition coefficient (Wildman–Crippen LogP) is 4.79. The van der Waals surface area contributed by atoms with E-state index in [4.69, 9.17) is 40.5 Å². The van der Waals surface area contributed by atoms with E-state index in [9.17, 15) is 4.79 Å². The number of halogens is 3. The molecule has 2 aromatic rings. The van der Waals surface area contributed by atoms with Gasteiger partial charge in [-0.2, -0.15) is 0 Å². The summed E-state index contributed by atoms with van der Waals surface area (Å²) in [4.78, 5) is 12.2. The van der Waals surface area contributed by atoms with Gasteiger partial charge in [0.2, 0.25) is 0 Å². The molecule has 0 saturated carbocycles. The molecule has 2 aromatic carbocycles. The van der Waals surface area contributed by atoms with Gasteiger partial charge in [-0.1, -0.05) is 34.8 Å². The second-order valence-electron chi connectivity index (χ2n) is 4.27. The third-order valence-corrected chi connectivity index (χ3v) is 3.59. The summed E-state index contributed by atoms with van der Waals surface area (Å²) in [5, 5.41) is 3.63. The van der Waals surface area contributed by atoms with Crippen molar-refractivity contribution in [1.29, 1.82) is 0 Å². The van der Waals surface area contributed by atoms with Gasteiger partial charge in [-0.25, -0.2) is 0 Å². The van der Waals surface area contributed by atoms with Crippen LogP contribution in [-0.4, -0.2) is 5.91 Å². The zero-order chi connectivity index (χ0) is 14.9. The Morgan fingerprint density at radius 1 is 1.10 bits per heavy atom. The van der Waals surface area contributed by atoms with Crippen molar-refractivity contribution in [3.63, 3.8) is 0 Å². The fourth-order valence-corrected chi connectivity index (χ4v) is 2.58. The first-order chi connectivity index (χ1) is 9.38. The summed E-state index contributed by atoms with van der Waals surface area (Å²) >= 11 is 17.9. The first-order valence-corrected chi connectivity index (χ1v) is 6.84. The van der Waals surface area contributed by atoms with Crippen LogP contribution in [0.3, 0.4) is 0 Å². The van der Waals surface area contributed by atoms with E-state index in [-0.39, 0.29) is 16.0 Å². The van der Waals surface area contributed by atoms with Gasteiger partial charge in [-0.3, -0.25) is 4.79 Å². The smallest absolute Gasteiger partial charge is 0.255 e. The van der Waals surface area contributed by atoms with E-state index in [0.717, 1.165) is 5.56 Å². The summed E-state index contributed by atoms with van der Waals surface area (Å²) in [5.74, 6) is -0.320. The molecule has 0 bridgehead atoms. The minimum Gasteiger partial charge on any atom is -0.399 e. The van der Waals surface area contributed by atoms with Crippen molar-refractivity contribution >= 4 is 52.1 Å². The number of hydrogen-bond acceptors (Lipinski definition) is 2. The molecule has 0 heterocycles. The molecule has 3 N–H and O–H groups in total. The number of carbonyl (C=O) groups excluding carboxylic acids is 1. The maximum absolute atomic E-state index is 12.2. The van der Waals surface area contributed by atoms with Gasteiger partial charge in [-0.05, 0) is 42.8 Å². The minimum absolute atomic E-state index is 0.281. The van der Waals surface area contributed by atoms with Gasteiger partial charge >= 0.3 is 0 Å². The molecule has 0 aliphatic heterocycles. The first kappa shape index (κ1) is 15.0. The Morgan fingerprint density at radius 2 is 1.70 bits per heavy atom. The van der Waals surface area contributed by atoms with Gasteiger partial charge in [0.15, 0.2) is 0 Å². The summed E-state index contributed by atoms with van der Waals surface area (Å²) in [7, 11) is 0. The molecule has 0 fully saturated rings. The van der Waals surface area contributed by atoms with Crippen LogP contribution in [0.1, 0.15) is 15.9 Å². The Balaban J connectivity index is 2.30. The predicted molar refractivity (Wildman–Crippen MR) is 85.0 cm³/mol. The highest BCUT2D eigenvalue weighted by Crippen LogP contribution is 2.34. The monoisotopic (exact) mass is 328 g/mol. The number of nitrogen functional groups attached to an aromatic ring is 1. The Labute approximate surface area is 131 Å². The molecule has 1 amide bonds. The lowest BCUT2D eigenvalue weighted by Gasteiger charge is -2.10. The summed E-state index contributed by atoms with van der Waals surface area (Å²) in [6.45, 7) is 1.83. The molecule has 0 aromatic heterocycles. The fraction of sp³-hybridized carbons (Fsp3) is 0.0714. The number of anilines is 2. The van der Waals surface area contributed by atoms with Crippen molar-refractivity contribution in [3.05, 3.63) is 56.5 Å². The van der Waals surface area contributed by atoms with Crippen LogP contribution in [0, 0.1) is 6.92 Å². The molecule has 104 valence electrons. The van der Waals surface area contributed by atoms with E-state index in [2.05, 4.69) is 5.32 Å². The Bertz CT molecular complexity index is 663. The topological polar surface area (TPSA) is 55.1 Å². The molecule has 6 heteroatoms. The summed E-state index contributed by atoms with van der Waals surface area (Å²) in [5.41, 5.74) is 7.97. The van der Waals surface area contributed by atoms with Crippen LogP contribution < -0.4 is 11.1 Å². The van der Waals surface area contributed by atoms with E-state index < -0.39 is 0 Å². The second kappa shape index (κ2) is 5.92. The van der Waals surface area contributed by atoms with E-state index in [0.29, 0.717) is 22.0 Å². The van der Waals surface area contributed by atoms with Gasteiger partial charge in [0, 0.05) is 16.3 Å². The van der Waals surface area contributed by atoms with E-state index in [1.165, 1.54) is 12.1 Å². The molecule has 2 rings (SSSR count). The highest BCUT2D eigenvalue weighted by molar-refractivity contribution is 6.42. The Hall–Kier alpha value is -1.42. The fourth-order valence-electron chi connectivity index (χ4n) is 1.66. The standard InChI is InChI=1S/C14H11Cl3N2O/c1-7-4-8(2-3-12(7)18)14(20)19-13-10(16)5-9(15)6-11(13)17/h2-6H,18H2,1H3,(H,19,20). The van der Waals surface area contributed by atoms with Gasteiger partial charge < -0.3 is 11.1 Å². The van der Waals surface area contributed by atoms with Crippen LogP contribution in [0.5, 0.6) is 0 Å². The second-order valence-corrected chi connectivity index (χ2v) is 5.52. The van der Waals surface area contributed by atoms with Gasteiger partial charge in [-0.15, -0.1) is 0 Å². The zero-order valence-corrected chi connectivity index (χ0v) is 12.8. The Kier molecular flexibility index (Phi) is 4.43. The van der Waals surface area contributed by atoms with Crippen molar-refractivity contribution in [3.8, 4) is 0 Å². The SMILES string of the molecule is Cc1cc(C(=O)Nc2c(Cl)cc(Cl)cc2Cl)ccc1N. The Morgan fingerprint density at radius 3 is 2.25 bits per heavy atom. The lowest BCUT2D eigenvalue weighted by Crippen LogP contribution is -2.13. The van der Waals surface area contributed by atoms with Gasteiger partial charge in [0.1, 0.15) is 0 Å². The van der Waals surface area contributed by atoms with Crippen molar-refractivity contribution < 1.29 is 4.79 Å². The van der Waals surface area contributed by atoms with E-state index in [1.807, 2.05) is 6.92 Å². The number of rotatable bonds is 2. The number of amides is 1. The minimum atomic E-state index is -0.320. The molecule has 20 heavy (non-hydrogen) atoms.